The minimum atomic E-state index is -3.52. The number of carbonyl (C=O) groups is 1. The van der Waals surface area contributed by atoms with Gasteiger partial charge in [-0.3, -0.25) is 4.79 Å². The van der Waals surface area contributed by atoms with Crippen LogP contribution in [0.15, 0.2) is 57.9 Å². The van der Waals surface area contributed by atoms with Gasteiger partial charge in [0.1, 0.15) is 0 Å². The third-order valence-corrected chi connectivity index (χ3v) is 6.10. The first-order chi connectivity index (χ1) is 11.8. The normalized spacial score (nSPS) is 11.5. The lowest BCUT2D eigenvalue weighted by atomic mass is 10.2. The van der Waals surface area contributed by atoms with Crippen molar-refractivity contribution >= 4 is 37.5 Å². The maximum atomic E-state index is 12.5. The highest BCUT2D eigenvalue weighted by Gasteiger charge is 2.20. The van der Waals surface area contributed by atoms with E-state index in [-0.39, 0.29) is 10.8 Å². The molecule has 0 aliphatic heterocycles. The van der Waals surface area contributed by atoms with E-state index in [0.29, 0.717) is 17.8 Å². The van der Waals surface area contributed by atoms with Crippen molar-refractivity contribution in [2.75, 3.05) is 18.9 Å². The molecule has 0 spiro atoms. The van der Waals surface area contributed by atoms with Gasteiger partial charge >= 0.3 is 0 Å². The molecule has 0 saturated carbocycles. The fourth-order valence-corrected chi connectivity index (χ4v) is 3.84. The molecular formula is C18H21BrN2O3S. The van der Waals surface area contributed by atoms with Crippen LogP contribution in [0.5, 0.6) is 0 Å². The van der Waals surface area contributed by atoms with E-state index >= 15 is 0 Å². The van der Waals surface area contributed by atoms with Crippen LogP contribution < -0.4 is 5.32 Å². The lowest BCUT2D eigenvalue weighted by Crippen LogP contribution is -2.28. The Bertz CT molecular complexity index is 836. The average Bonchev–Trinajstić information content (AvgIpc) is 2.59. The SMILES string of the molecule is CCCCN(C)S(=O)(=O)c1ccc(C(=O)Nc2cccc(Br)c2)cc1. The summed E-state index contributed by atoms with van der Waals surface area (Å²) >= 11 is 3.35. The Hall–Kier alpha value is -1.70. The van der Waals surface area contributed by atoms with E-state index in [9.17, 15) is 13.2 Å². The first-order valence-electron chi connectivity index (χ1n) is 7.98. The number of amides is 1. The highest BCUT2D eigenvalue weighted by Crippen LogP contribution is 2.18. The summed E-state index contributed by atoms with van der Waals surface area (Å²) in [5.74, 6) is -0.290. The zero-order chi connectivity index (χ0) is 18.4. The molecule has 0 aliphatic rings. The highest BCUT2D eigenvalue weighted by molar-refractivity contribution is 9.10. The number of anilines is 1. The molecule has 1 N–H and O–H groups in total. The second-order valence-corrected chi connectivity index (χ2v) is 8.63. The third-order valence-electron chi connectivity index (χ3n) is 3.73. The highest BCUT2D eigenvalue weighted by atomic mass is 79.9. The van der Waals surface area contributed by atoms with Crippen molar-refractivity contribution in [3.63, 3.8) is 0 Å². The van der Waals surface area contributed by atoms with Gasteiger partial charge in [0.15, 0.2) is 0 Å². The van der Waals surface area contributed by atoms with Crippen LogP contribution in [-0.2, 0) is 10.0 Å². The molecule has 0 fully saturated rings. The van der Waals surface area contributed by atoms with Crippen molar-refractivity contribution in [1.82, 2.24) is 4.31 Å². The number of hydrogen-bond donors (Lipinski definition) is 1. The van der Waals surface area contributed by atoms with Crippen LogP contribution in [0.25, 0.3) is 0 Å². The van der Waals surface area contributed by atoms with Crippen LogP contribution in [0.3, 0.4) is 0 Å². The molecule has 25 heavy (non-hydrogen) atoms. The van der Waals surface area contributed by atoms with Crippen molar-refractivity contribution < 1.29 is 13.2 Å². The standard InChI is InChI=1S/C18H21BrN2O3S/c1-3-4-12-21(2)25(23,24)17-10-8-14(9-11-17)18(22)20-16-7-5-6-15(19)13-16/h5-11,13H,3-4,12H2,1-2H3,(H,20,22). The van der Waals surface area contributed by atoms with E-state index < -0.39 is 10.0 Å². The van der Waals surface area contributed by atoms with E-state index in [1.165, 1.54) is 28.6 Å². The number of unbranched alkanes of at least 4 members (excludes halogenated alkanes) is 1. The quantitative estimate of drug-likeness (QED) is 0.726. The van der Waals surface area contributed by atoms with Crippen molar-refractivity contribution in [2.45, 2.75) is 24.7 Å². The predicted molar refractivity (Wildman–Crippen MR) is 103 cm³/mol. The minimum Gasteiger partial charge on any atom is -0.322 e. The van der Waals surface area contributed by atoms with Gasteiger partial charge in [-0.25, -0.2) is 12.7 Å². The van der Waals surface area contributed by atoms with Gasteiger partial charge in [0.05, 0.1) is 4.90 Å². The second kappa shape index (κ2) is 8.60. The Morgan fingerprint density at radius 3 is 2.44 bits per heavy atom. The Labute approximate surface area is 157 Å². The zero-order valence-electron chi connectivity index (χ0n) is 14.2. The third kappa shape index (κ3) is 5.14. The van der Waals surface area contributed by atoms with Crippen LogP contribution in [-0.4, -0.2) is 32.2 Å². The number of nitrogens with one attached hydrogen (secondary N) is 1. The van der Waals surface area contributed by atoms with Gasteiger partial charge in [0.25, 0.3) is 5.91 Å². The topological polar surface area (TPSA) is 66.5 Å². The monoisotopic (exact) mass is 424 g/mol. The van der Waals surface area contributed by atoms with Crippen molar-refractivity contribution in [2.24, 2.45) is 0 Å². The molecule has 0 heterocycles. The van der Waals surface area contributed by atoms with Crippen molar-refractivity contribution in [3.8, 4) is 0 Å². The minimum absolute atomic E-state index is 0.185. The Morgan fingerprint density at radius 2 is 1.84 bits per heavy atom. The molecule has 2 rings (SSSR count). The van der Waals surface area contributed by atoms with E-state index in [1.807, 2.05) is 19.1 Å². The van der Waals surface area contributed by atoms with E-state index in [4.69, 9.17) is 0 Å². The summed E-state index contributed by atoms with van der Waals surface area (Å²) in [6.07, 6.45) is 1.73. The maximum absolute atomic E-state index is 12.5. The van der Waals surface area contributed by atoms with Gasteiger partial charge in [-0.1, -0.05) is 35.3 Å². The van der Waals surface area contributed by atoms with Gasteiger partial charge in [-0.05, 0) is 48.9 Å². The van der Waals surface area contributed by atoms with Crippen LogP contribution in [0.4, 0.5) is 5.69 Å². The molecule has 134 valence electrons. The molecule has 0 bridgehead atoms. The lowest BCUT2D eigenvalue weighted by Gasteiger charge is -2.17. The van der Waals surface area contributed by atoms with Crippen LogP contribution in [0, 0.1) is 0 Å². The summed E-state index contributed by atoms with van der Waals surface area (Å²) in [4.78, 5) is 12.5. The van der Waals surface area contributed by atoms with Gasteiger partial charge in [-0.2, -0.15) is 0 Å². The summed E-state index contributed by atoms with van der Waals surface area (Å²) in [5, 5.41) is 2.78. The summed E-state index contributed by atoms with van der Waals surface area (Å²) in [6.45, 7) is 2.49. The number of hydrogen-bond acceptors (Lipinski definition) is 3. The summed E-state index contributed by atoms with van der Waals surface area (Å²) in [7, 11) is -1.95. The summed E-state index contributed by atoms with van der Waals surface area (Å²) < 4.78 is 27.1. The smallest absolute Gasteiger partial charge is 0.255 e. The van der Waals surface area contributed by atoms with Gasteiger partial charge in [-0.15, -0.1) is 0 Å². The lowest BCUT2D eigenvalue weighted by molar-refractivity contribution is 0.102. The number of carbonyl (C=O) groups excluding carboxylic acids is 1. The number of nitrogens with zero attached hydrogens (tertiary/aromatic N) is 1. The molecule has 1 amide bonds. The van der Waals surface area contributed by atoms with Gasteiger partial charge < -0.3 is 5.32 Å². The van der Waals surface area contributed by atoms with Crippen LogP contribution >= 0.6 is 15.9 Å². The van der Waals surface area contributed by atoms with Crippen molar-refractivity contribution in [3.05, 3.63) is 58.6 Å². The molecule has 0 atom stereocenters. The molecule has 0 saturated heterocycles. The molecule has 0 aliphatic carbocycles. The number of rotatable bonds is 7. The van der Waals surface area contributed by atoms with Crippen LogP contribution in [0.1, 0.15) is 30.1 Å². The van der Waals surface area contributed by atoms with Crippen LogP contribution in [0.2, 0.25) is 0 Å². The average molecular weight is 425 g/mol. The number of sulfonamides is 1. The number of benzene rings is 2. The molecule has 0 unspecified atom stereocenters. The summed E-state index contributed by atoms with van der Waals surface area (Å²) in [6, 6.07) is 13.2. The summed E-state index contributed by atoms with van der Waals surface area (Å²) in [5.41, 5.74) is 1.06. The Kier molecular flexibility index (Phi) is 6.75. The molecule has 2 aromatic rings. The largest absolute Gasteiger partial charge is 0.322 e. The fraction of sp³-hybridized carbons (Fsp3) is 0.278. The molecule has 7 heteroatoms. The first-order valence-corrected chi connectivity index (χ1v) is 10.2. The maximum Gasteiger partial charge on any atom is 0.255 e. The van der Waals surface area contributed by atoms with E-state index in [0.717, 1.165) is 17.3 Å². The number of halogens is 1. The molecule has 2 aromatic carbocycles. The zero-order valence-corrected chi connectivity index (χ0v) is 16.6. The molecule has 5 nitrogen and oxygen atoms in total. The van der Waals surface area contributed by atoms with E-state index in [2.05, 4.69) is 21.2 Å². The van der Waals surface area contributed by atoms with Gasteiger partial charge in [0, 0.05) is 29.3 Å². The van der Waals surface area contributed by atoms with Gasteiger partial charge in [0.2, 0.25) is 10.0 Å². The Morgan fingerprint density at radius 1 is 1.16 bits per heavy atom. The predicted octanol–water partition coefficient (Wildman–Crippen LogP) is 4.12. The molecule has 0 aromatic heterocycles. The first kappa shape index (κ1) is 19.6. The fourth-order valence-electron chi connectivity index (χ4n) is 2.23. The molecule has 0 radical (unpaired) electrons. The Balaban J connectivity index is 2.12. The molecular weight excluding hydrogens is 404 g/mol. The second-order valence-electron chi connectivity index (χ2n) is 5.67. The van der Waals surface area contributed by atoms with E-state index in [1.54, 1.807) is 19.2 Å². The van der Waals surface area contributed by atoms with Crippen molar-refractivity contribution in [1.29, 1.82) is 0 Å².